The maximum absolute atomic E-state index is 13.1. The summed E-state index contributed by atoms with van der Waals surface area (Å²) >= 11 is 1.75. The third-order valence-electron chi connectivity index (χ3n) is 3.00. The van der Waals surface area contributed by atoms with Gasteiger partial charge in [0, 0.05) is 5.56 Å². The van der Waals surface area contributed by atoms with Crippen LogP contribution in [0.25, 0.3) is 6.08 Å². The lowest BCUT2D eigenvalue weighted by atomic mass is 9.97. The second kappa shape index (κ2) is 5.86. The number of benzene rings is 1. The SMILES string of the molecule is Cc1cc(C)c2c(c1)C=C(C(=O)OCI)[C@@H](C(F)(F)F)O2. The molecule has 0 aromatic heterocycles. The molecule has 2 rings (SSSR count). The van der Waals surface area contributed by atoms with E-state index in [-0.39, 0.29) is 10.4 Å². The number of ether oxygens (including phenoxy) is 2. The van der Waals surface area contributed by atoms with Gasteiger partial charge in [-0.05, 0) is 54.1 Å². The van der Waals surface area contributed by atoms with Crippen LogP contribution in [-0.2, 0) is 9.53 Å². The first-order valence-electron chi connectivity index (χ1n) is 6.03. The van der Waals surface area contributed by atoms with E-state index in [1.807, 2.05) is 6.92 Å². The summed E-state index contributed by atoms with van der Waals surface area (Å²) in [5.74, 6) is -0.870. The highest BCUT2D eigenvalue weighted by Crippen LogP contribution is 2.39. The molecule has 1 aliphatic heterocycles. The molecular weight excluding hydrogens is 400 g/mol. The maximum atomic E-state index is 13.1. The largest absolute Gasteiger partial charge is 0.475 e. The van der Waals surface area contributed by atoms with Crippen molar-refractivity contribution in [3.8, 4) is 5.75 Å². The van der Waals surface area contributed by atoms with Crippen molar-refractivity contribution in [1.82, 2.24) is 0 Å². The number of hydrogen-bond donors (Lipinski definition) is 0. The third-order valence-corrected chi connectivity index (χ3v) is 3.31. The normalized spacial score (nSPS) is 17.6. The fourth-order valence-corrected chi connectivity index (χ4v) is 2.50. The number of rotatable bonds is 2. The highest BCUT2D eigenvalue weighted by atomic mass is 127. The second-order valence-electron chi connectivity index (χ2n) is 4.68. The van der Waals surface area contributed by atoms with Crippen LogP contribution in [0.3, 0.4) is 0 Å². The lowest BCUT2D eigenvalue weighted by molar-refractivity contribution is -0.187. The molecule has 0 fully saturated rings. The minimum Gasteiger partial charge on any atom is -0.475 e. The molecule has 1 aliphatic rings. The fourth-order valence-electron chi connectivity index (χ4n) is 2.22. The fraction of sp³-hybridized carbons (Fsp3) is 0.357. The molecule has 21 heavy (non-hydrogen) atoms. The van der Waals surface area contributed by atoms with E-state index < -0.39 is 23.8 Å². The highest BCUT2D eigenvalue weighted by Gasteiger charge is 2.49. The van der Waals surface area contributed by atoms with E-state index in [0.717, 1.165) is 5.56 Å². The van der Waals surface area contributed by atoms with Crippen LogP contribution in [-0.4, -0.2) is 22.9 Å². The van der Waals surface area contributed by atoms with Gasteiger partial charge >= 0.3 is 12.1 Å². The smallest absolute Gasteiger partial charge is 0.430 e. The maximum Gasteiger partial charge on any atom is 0.430 e. The van der Waals surface area contributed by atoms with Gasteiger partial charge in [0.25, 0.3) is 0 Å². The van der Waals surface area contributed by atoms with Gasteiger partial charge in [0.05, 0.1) is 5.57 Å². The first-order valence-corrected chi connectivity index (χ1v) is 7.56. The Kier molecular flexibility index (Phi) is 4.50. The molecule has 0 N–H and O–H groups in total. The van der Waals surface area contributed by atoms with E-state index in [4.69, 9.17) is 4.74 Å². The zero-order valence-electron chi connectivity index (χ0n) is 11.3. The van der Waals surface area contributed by atoms with Crippen LogP contribution in [0.2, 0.25) is 0 Å². The van der Waals surface area contributed by atoms with Gasteiger partial charge in [0.2, 0.25) is 6.10 Å². The number of alkyl halides is 4. The average molecular weight is 412 g/mol. The summed E-state index contributed by atoms with van der Waals surface area (Å²) in [7, 11) is 0. The summed E-state index contributed by atoms with van der Waals surface area (Å²) in [6.07, 6.45) is -5.79. The molecule has 7 heteroatoms. The number of halogens is 4. The first kappa shape index (κ1) is 16.1. The van der Waals surface area contributed by atoms with Crippen LogP contribution < -0.4 is 4.74 Å². The van der Waals surface area contributed by atoms with Gasteiger partial charge in [-0.1, -0.05) is 11.6 Å². The Morgan fingerprint density at radius 1 is 1.38 bits per heavy atom. The molecule has 1 aromatic carbocycles. The van der Waals surface area contributed by atoms with E-state index >= 15 is 0 Å². The zero-order valence-corrected chi connectivity index (χ0v) is 13.4. The molecule has 0 amide bonds. The van der Waals surface area contributed by atoms with E-state index in [2.05, 4.69) is 4.74 Å². The molecule has 0 unspecified atom stereocenters. The Morgan fingerprint density at radius 3 is 2.62 bits per heavy atom. The summed E-state index contributed by atoms with van der Waals surface area (Å²) in [4.78, 5) is 11.8. The Labute approximate surface area is 133 Å². The summed E-state index contributed by atoms with van der Waals surface area (Å²) in [5.41, 5.74) is 1.39. The molecule has 0 radical (unpaired) electrons. The minimum atomic E-state index is -4.69. The predicted molar refractivity (Wildman–Crippen MR) is 79.3 cm³/mol. The number of hydrogen-bond acceptors (Lipinski definition) is 3. The molecule has 0 saturated heterocycles. The molecular formula is C14H12F3IO3. The summed E-state index contributed by atoms with van der Waals surface area (Å²) in [6, 6.07) is 3.40. The molecule has 1 heterocycles. The van der Waals surface area contributed by atoms with Crippen molar-refractivity contribution in [2.24, 2.45) is 0 Å². The first-order chi connectivity index (χ1) is 9.74. The van der Waals surface area contributed by atoms with E-state index in [1.54, 1.807) is 41.6 Å². The van der Waals surface area contributed by atoms with Crippen molar-refractivity contribution in [1.29, 1.82) is 0 Å². The topological polar surface area (TPSA) is 35.5 Å². The summed E-state index contributed by atoms with van der Waals surface area (Å²) in [5, 5.41) is 0. The van der Waals surface area contributed by atoms with Crippen LogP contribution >= 0.6 is 22.6 Å². The van der Waals surface area contributed by atoms with Gasteiger partial charge in [0.1, 0.15) is 10.4 Å². The van der Waals surface area contributed by atoms with Crippen molar-refractivity contribution in [3.05, 3.63) is 34.4 Å². The van der Waals surface area contributed by atoms with Gasteiger partial charge in [-0.25, -0.2) is 4.79 Å². The van der Waals surface area contributed by atoms with Crippen molar-refractivity contribution in [3.63, 3.8) is 0 Å². The standard InChI is InChI=1S/C14H12F3IO3/c1-7-3-8(2)11-9(4-7)5-10(13(19)20-6-18)12(21-11)14(15,16)17/h3-5,12H,6H2,1-2H3/t12-/m0/s1. The second-order valence-corrected chi connectivity index (χ2v) is 5.30. The molecule has 0 bridgehead atoms. The van der Waals surface area contributed by atoms with Gasteiger partial charge in [-0.3, -0.25) is 0 Å². The van der Waals surface area contributed by atoms with Gasteiger partial charge in [-0.15, -0.1) is 0 Å². The molecule has 0 spiro atoms. The Hall–Kier alpha value is -1.25. The van der Waals surface area contributed by atoms with Crippen molar-refractivity contribution in [2.45, 2.75) is 26.1 Å². The molecule has 0 saturated carbocycles. The Bertz CT molecular complexity index is 608. The monoisotopic (exact) mass is 412 g/mol. The van der Waals surface area contributed by atoms with Gasteiger partial charge in [-0.2, -0.15) is 13.2 Å². The molecule has 1 aromatic rings. The van der Waals surface area contributed by atoms with Crippen LogP contribution in [0, 0.1) is 13.8 Å². The molecule has 1 atom stereocenters. The van der Waals surface area contributed by atoms with Crippen LogP contribution in [0.15, 0.2) is 17.7 Å². The number of carbonyl (C=O) groups is 1. The number of carbonyl (C=O) groups excluding carboxylic acids is 1. The van der Waals surface area contributed by atoms with Crippen molar-refractivity contribution < 1.29 is 27.4 Å². The van der Waals surface area contributed by atoms with Gasteiger partial charge in [0.15, 0.2) is 0 Å². The Balaban J connectivity index is 2.55. The van der Waals surface area contributed by atoms with E-state index in [9.17, 15) is 18.0 Å². The minimum absolute atomic E-state index is 0.0296. The van der Waals surface area contributed by atoms with Crippen LogP contribution in [0.4, 0.5) is 13.2 Å². The van der Waals surface area contributed by atoms with Crippen LogP contribution in [0.5, 0.6) is 5.75 Å². The average Bonchev–Trinajstić information content (AvgIpc) is 2.36. The quantitative estimate of drug-likeness (QED) is 0.420. The summed E-state index contributed by atoms with van der Waals surface area (Å²) < 4.78 is 49.1. The van der Waals surface area contributed by atoms with E-state index in [0.29, 0.717) is 11.1 Å². The highest BCUT2D eigenvalue weighted by molar-refractivity contribution is 14.1. The van der Waals surface area contributed by atoms with Crippen LogP contribution in [0.1, 0.15) is 16.7 Å². The lowest BCUT2D eigenvalue weighted by Crippen LogP contribution is -2.41. The number of fused-ring (bicyclic) bond motifs is 1. The van der Waals surface area contributed by atoms with Gasteiger partial charge < -0.3 is 9.47 Å². The van der Waals surface area contributed by atoms with Crippen molar-refractivity contribution >= 4 is 34.6 Å². The Morgan fingerprint density at radius 2 is 2.05 bits per heavy atom. The number of esters is 1. The molecule has 3 nitrogen and oxygen atoms in total. The number of aryl methyl sites for hydroxylation is 2. The zero-order chi connectivity index (χ0) is 15.8. The third kappa shape index (κ3) is 3.33. The summed E-state index contributed by atoms with van der Waals surface area (Å²) in [6.45, 7) is 3.49. The predicted octanol–water partition coefficient (Wildman–Crippen LogP) is 3.95. The lowest BCUT2D eigenvalue weighted by Gasteiger charge is -2.29. The molecule has 114 valence electrons. The van der Waals surface area contributed by atoms with E-state index in [1.165, 1.54) is 6.08 Å². The van der Waals surface area contributed by atoms with Crippen molar-refractivity contribution in [2.75, 3.05) is 4.61 Å². The molecule has 0 aliphatic carbocycles.